The number of carbonyl (C=O) groups is 1. The van der Waals surface area contributed by atoms with Crippen molar-refractivity contribution in [2.24, 2.45) is 5.73 Å². The predicted molar refractivity (Wildman–Crippen MR) is 68.5 cm³/mol. The zero-order chi connectivity index (χ0) is 13.8. The lowest BCUT2D eigenvalue weighted by molar-refractivity contribution is -0.147. The van der Waals surface area contributed by atoms with Crippen molar-refractivity contribution >= 4 is 5.97 Å². The molecule has 2 unspecified atom stereocenters. The van der Waals surface area contributed by atoms with Crippen molar-refractivity contribution in [1.29, 1.82) is 0 Å². The summed E-state index contributed by atoms with van der Waals surface area (Å²) in [6.45, 7) is 4.57. The molecule has 0 spiro atoms. The van der Waals surface area contributed by atoms with Gasteiger partial charge in [-0.1, -0.05) is 0 Å². The highest BCUT2D eigenvalue weighted by Gasteiger charge is 2.39. The van der Waals surface area contributed by atoms with E-state index in [4.69, 9.17) is 20.3 Å². The molecule has 0 saturated heterocycles. The van der Waals surface area contributed by atoms with Crippen LogP contribution in [0.25, 0.3) is 0 Å². The van der Waals surface area contributed by atoms with Gasteiger partial charge in [0, 0.05) is 20.1 Å². The molecule has 0 aromatic heterocycles. The first-order valence-electron chi connectivity index (χ1n) is 6.48. The highest BCUT2D eigenvalue weighted by atomic mass is 16.5. The number of ether oxygens (including phenoxy) is 2. The number of rotatable bonds is 6. The van der Waals surface area contributed by atoms with Gasteiger partial charge in [-0.2, -0.15) is 0 Å². The van der Waals surface area contributed by atoms with Crippen LogP contribution in [0.4, 0.5) is 0 Å². The van der Waals surface area contributed by atoms with Crippen molar-refractivity contribution in [2.45, 2.75) is 63.2 Å². The number of carboxylic acids is 1. The molecule has 0 amide bonds. The molecule has 18 heavy (non-hydrogen) atoms. The van der Waals surface area contributed by atoms with Crippen LogP contribution in [0.2, 0.25) is 0 Å². The van der Waals surface area contributed by atoms with Crippen LogP contribution in [-0.2, 0) is 14.3 Å². The average molecular weight is 259 g/mol. The summed E-state index contributed by atoms with van der Waals surface area (Å²) < 4.78 is 11.1. The fourth-order valence-electron chi connectivity index (χ4n) is 2.17. The maximum atomic E-state index is 11.1. The Balaban J connectivity index is 2.37. The second-order valence-corrected chi connectivity index (χ2v) is 5.76. The molecule has 1 rings (SSSR count). The molecular formula is C13H25NO4. The van der Waals surface area contributed by atoms with Gasteiger partial charge in [-0.3, -0.25) is 4.79 Å². The Morgan fingerprint density at radius 2 is 2.22 bits per heavy atom. The molecular weight excluding hydrogens is 234 g/mol. The van der Waals surface area contributed by atoms with E-state index < -0.39 is 11.5 Å². The first-order valence-corrected chi connectivity index (χ1v) is 6.48. The molecule has 5 heteroatoms. The molecule has 1 saturated carbocycles. The Kier molecular flexibility index (Phi) is 5.13. The number of methoxy groups -OCH3 is 1. The second-order valence-electron chi connectivity index (χ2n) is 5.76. The van der Waals surface area contributed by atoms with Crippen LogP contribution in [0.5, 0.6) is 0 Å². The summed E-state index contributed by atoms with van der Waals surface area (Å²) in [7, 11) is 1.68. The summed E-state index contributed by atoms with van der Waals surface area (Å²) in [5.74, 6) is -0.923. The highest BCUT2D eigenvalue weighted by molar-refractivity contribution is 5.78. The molecule has 1 aliphatic carbocycles. The Bertz CT molecular complexity index is 293. The topological polar surface area (TPSA) is 81.8 Å². The van der Waals surface area contributed by atoms with E-state index >= 15 is 0 Å². The predicted octanol–water partition coefficient (Wildman–Crippen LogP) is 1.54. The van der Waals surface area contributed by atoms with E-state index in [0.717, 1.165) is 19.3 Å². The van der Waals surface area contributed by atoms with Gasteiger partial charge in [0.15, 0.2) is 0 Å². The third-order valence-electron chi connectivity index (χ3n) is 3.78. The van der Waals surface area contributed by atoms with Gasteiger partial charge in [0.2, 0.25) is 0 Å². The van der Waals surface area contributed by atoms with Crippen molar-refractivity contribution in [3.63, 3.8) is 0 Å². The molecule has 2 atom stereocenters. The first kappa shape index (κ1) is 15.4. The Labute approximate surface area is 109 Å². The van der Waals surface area contributed by atoms with Gasteiger partial charge in [0.25, 0.3) is 0 Å². The smallest absolute Gasteiger partial charge is 0.323 e. The lowest BCUT2D eigenvalue weighted by atomic mass is 9.81. The van der Waals surface area contributed by atoms with Crippen molar-refractivity contribution in [1.82, 2.24) is 0 Å². The molecule has 1 aliphatic rings. The quantitative estimate of drug-likeness (QED) is 0.756. The van der Waals surface area contributed by atoms with Crippen LogP contribution in [0.15, 0.2) is 0 Å². The number of nitrogens with two attached hydrogens (primary N) is 1. The molecule has 0 bridgehead atoms. The first-order chi connectivity index (χ1) is 8.29. The SMILES string of the molecule is COC(C)(C)CCOC1CCCC(N)(C(=O)O)C1. The van der Waals surface area contributed by atoms with E-state index in [9.17, 15) is 4.79 Å². The molecule has 5 nitrogen and oxygen atoms in total. The highest BCUT2D eigenvalue weighted by Crippen LogP contribution is 2.29. The maximum absolute atomic E-state index is 11.1. The van der Waals surface area contributed by atoms with Gasteiger partial charge in [-0.15, -0.1) is 0 Å². The summed E-state index contributed by atoms with van der Waals surface area (Å²) >= 11 is 0. The minimum atomic E-state index is -1.11. The van der Waals surface area contributed by atoms with E-state index in [1.54, 1.807) is 7.11 Å². The molecule has 0 radical (unpaired) electrons. The summed E-state index contributed by atoms with van der Waals surface area (Å²) in [6, 6.07) is 0. The van der Waals surface area contributed by atoms with E-state index in [1.165, 1.54) is 0 Å². The lowest BCUT2D eigenvalue weighted by Crippen LogP contribution is -2.52. The number of hydrogen-bond donors (Lipinski definition) is 2. The van der Waals surface area contributed by atoms with Gasteiger partial charge in [0.05, 0.1) is 11.7 Å². The molecule has 1 fully saturated rings. The minimum Gasteiger partial charge on any atom is -0.480 e. The monoisotopic (exact) mass is 259 g/mol. The third-order valence-corrected chi connectivity index (χ3v) is 3.78. The van der Waals surface area contributed by atoms with Crippen molar-refractivity contribution in [3.05, 3.63) is 0 Å². The fourth-order valence-corrected chi connectivity index (χ4v) is 2.17. The van der Waals surface area contributed by atoms with Crippen LogP contribution in [0.1, 0.15) is 46.0 Å². The number of carboxylic acid groups (broad SMARTS) is 1. The standard InChI is InChI=1S/C13H25NO4/c1-12(2,17-3)7-8-18-10-5-4-6-13(14,9-10)11(15)16/h10H,4-9,14H2,1-3H3,(H,15,16). The molecule has 106 valence electrons. The van der Waals surface area contributed by atoms with E-state index in [-0.39, 0.29) is 11.7 Å². The Morgan fingerprint density at radius 1 is 1.56 bits per heavy atom. The third kappa shape index (κ3) is 4.23. The van der Waals surface area contributed by atoms with E-state index in [2.05, 4.69) is 0 Å². The van der Waals surface area contributed by atoms with Crippen LogP contribution in [0.3, 0.4) is 0 Å². The zero-order valence-corrected chi connectivity index (χ0v) is 11.6. The van der Waals surface area contributed by atoms with E-state index in [1.807, 2.05) is 13.8 Å². The average Bonchev–Trinajstić information content (AvgIpc) is 2.29. The summed E-state index contributed by atoms with van der Waals surface area (Å²) in [5, 5.41) is 9.11. The number of hydrogen-bond acceptors (Lipinski definition) is 4. The van der Waals surface area contributed by atoms with Crippen molar-refractivity contribution in [2.75, 3.05) is 13.7 Å². The summed E-state index contributed by atoms with van der Waals surface area (Å²) in [5.41, 5.74) is 4.55. The molecule has 0 aromatic rings. The molecule has 0 heterocycles. The van der Waals surface area contributed by atoms with Gasteiger partial charge in [-0.25, -0.2) is 0 Å². The number of aliphatic carboxylic acids is 1. The maximum Gasteiger partial charge on any atom is 0.323 e. The summed E-state index contributed by atoms with van der Waals surface area (Å²) in [4.78, 5) is 11.1. The second kappa shape index (κ2) is 5.99. The molecule has 0 aliphatic heterocycles. The van der Waals surface area contributed by atoms with Crippen LogP contribution >= 0.6 is 0 Å². The van der Waals surface area contributed by atoms with Crippen molar-refractivity contribution < 1.29 is 19.4 Å². The Hall–Kier alpha value is -0.650. The largest absolute Gasteiger partial charge is 0.480 e. The van der Waals surface area contributed by atoms with Crippen molar-refractivity contribution in [3.8, 4) is 0 Å². The minimum absolute atomic E-state index is 0.0486. The Morgan fingerprint density at radius 3 is 2.78 bits per heavy atom. The van der Waals surface area contributed by atoms with Crippen LogP contribution in [0, 0.1) is 0 Å². The van der Waals surface area contributed by atoms with Gasteiger partial charge < -0.3 is 20.3 Å². The normalized spacial score (nSPS) is 29.2. The van der Waals surface area contributed by atoms with Gasteiger partial charge in [0.1, 0.15) is 5.54 Å². The van der Waals surface area contributed by atoms with Crippen LogP contribution in [-0.4, -0.2) is 42.0 Å². The summed E-state index contributed by atoms with van der Waals surface area (Å²) in [6.07, 6.45) is 3.36. The van der Waals surface area contributed by atoms with Gasteiger partial charge in [-0.05, 0) is 39.5 Å². The fraction of sp³-hybridized carbons (Fsp3) is 0.923. The van der Waals surface area contributed by atoms with Crippen LogP contribution < -0.4 is 5.73 Å². The lowest BCUT2D eigenvalue weighted by Gasteiger charge is -2.35. The van der Waals surface area contributed by atoms with E-state index in [0.29, 0.717) is 19.4 Å². The van der Waals surface area contributed by atoms with Gasteiger partial charge >= 0.3 is 5.97 Å². The molecule has 0 aromatic carbocycles. The molecule has 3 N–H and O–H groups in total. The zero-order valence-electron chi connectivity index (χ0n) is 11.6.